The summed E-state index contributed by atoms with van der Waals surface area (Å²) in [6.07, 6.45) is 0. The van der Waals surface area contributed by atoms with Gasteiger partial charge in [0.05, 0.1) is 6.61 Å². The van der Waals surface area contributed by atoms with E-state index in [0.29, 0.717) is 5.88 Å². The number of rotatable bonds is 3. The van der Waals surface area contributed by atoms with Gasteiger partial charge >= 0.3 is 46.1 Å². The van der Waals surface area contributed by atoms with E-state index in [1.54, 1.807) is 0 Å². The Bertz CT molecular complexity index is 119. The molecular formula is C2H6ClNaO6P2+2. The zero-order chi connectivity index (χ0) is 9.28. The third-order valence-corrected chi connectivity index (χ3v) is 1.48. The van der Waals surface area contributed by atoms with Crippen molar-refractivity contribution in [1.29, 1.82) is 0 Å². The van der Waals surface area contributed by atoms with Crippen molar-refractivity contribution in [1.82, 2.24) is 0 Å². The van der Waals surface area contributed by atoms with E-state index in [0.717, 1.165) is 0 Å². The molecule has 0 aromatic carbocycles. The molecule has 10 heteroatoms. The number of halogens is 1. The average Bonchev–Trinajstić information content (AvgIpc) is 1.85. The second kappa shape index (κ2) is 14.8. The van der Waals surface area contributed by atoms with E-state index in [1.165, 1.54) is 0 Å². The van der Waals surface area contributed by atoms with Gasteiger partial charge in [-0.25, -0.2) is 0 Å². The normalized spacial score (nSPS) is 10.3. The molecule has 2 atom stereocenters. The summed E-state index contributed by atoms with van der Waals surface area (Å²) < 4.78 is 21.9. The molecule has 0 amide bonds. The standard InChI is InChI=1S/C2H5ClO.Na.O5P2/c3-1-2-4;;1-6(2)5-7(3)4/h4H,1-2H2;;/q;+1;/p+1. The number of hydrogen-bond acceptors (Lipinski definition) is 5. The second-order valence-corrected chi connectivity index (χ2v) is 2.91. The number of aliphatic hydroxyl groups is 1. The van der Waals surface area contributed by atoms with E-state index in [1.807, 2.05) is 0 Å². The van der Waals surface area contributed by atoms with Crippen LogP contribution in [-0.2, 0) is 13.4 Å². The van der Waals surface area contributed by atoms with Gasteiger partial charge in [-0.3, -0.25) is 0 Å². The molecule has 0 bridgehead atoms. The molecule has 0 aliphatic rings. The molecule has 0 aliphatic carbocycles. The third kappa shape index (κ3) is 30.2. The van der Waals surface area contributed by atoms with Crippen LogP contribution in [0.5, 0.6) is 0 Å². The van der Waals surface area contributed by atoms with Gasteiger partial charge in [0.2, 0.25) is 0 Å². The predicted octanol–water partition coefficient (Wildman–Crippen LogP) is -3.11. The topological polar surface area (TPSA) is 107 Å². The first-order valence-electron chi connectivity index (χ1n) is 2.20. The smallest absolute Gasteiger partial charge is 0.563 e. The summed E-state index contributed by atoms with van der Waals surface area (Å²) in [5, 5.41) is 7.74. The van der Waals surface area contributed by atoms with Gasteiger partial charge in [0.15, 0.2) is 0 Å². The summed E-state index contributed by atoms with van der Waals surface area (Å²) in [4.78, 5) is 16.9. The number of alkyl halides is 1. The van der Waals surface area contributed by atoms with Crippen molar-refractivity contribution >= 4 is 28.1 Å². The monoisotopic (exact) mass is 246 g/mol. The fourth-order valence-electron chi connectivity index (χ4n) is 0.0570. The van der Waals surface area contributed by atoms with E-state index in [2.05, 4.69) is 4.31 Å². The van der Waals surface area contributed by atoms with Gasteiger partial charge in [0.1, 0.15) is 4.31 Å². The molecule has 2 N–H and O–H groups in total. The molecule has 2 unspecified atom stereocenters. The molecule has 0 saturated carbocycles. The molecule has 0 heterocycles. The van der Waals surface area contributed by atoms with Crippen LogP contribution in [0.2, 0.25) is 0 Å². The third-order valence-electron chi connectivity index (χ3n) is 0.221. The van der Waals surface area contributed by atoms with Crippen molar-refractivity contribution in [2.24, 2.45) is 0 Å². The van der Waals surface area contributed by atoms with Crippen LogP contribution in [0.15, 0.2) is 0 Å². The Kier molecular flexibility index (Phi) is 23.5. The van der Waals surface area contributed by atoms with E-state index in [-0.39, 0.29) is 36.2 Å². The molecule has 0 fully saturated rings. The van der Waals surface area contributed by atoms with Gasteiger partial charge in [-0.15, -0.1) is 16.5 Å². The minimum atomic E-state index is -3.17. The zero-order valence-electron chi connectivity index (χ0n) is 6.21. The van der Waals surface area contributed by atoms with Gasteiger partial charge < -0.3 is 10.00 Å². The van der Waals surface area contributed by atoms with E-state index < -0.39 is 16.5 Å². The summed E-state index contributed by atoms with van der Waals surface area (Å²) in [7, 11) is -6.16. The molecule has 66 valence electrons. The molecule has 0 aromatic heterocycles. The van der Waals surface area contributed by atoms with E-state index in [9.17, 15) is 14.0 Å². The first kappa shape index (κ1) is 19.0. The molecule has 12 heavy (non-hydrogen) atoms. The molecule has 0 rings (SSSR count). The fourth-order valence-corrected chi connectivity index (χ4v) is 0.513. The van der Waals surface area contributed by atoms with Gasteiger partial charge in [-0.05, 0) is 4.57 Å². The van der Waals surface area contributed by atoms with Crippen molar-refractivity contribution in [2.75, 3.05) is 12.5 Å². The van der Waals surface area contributed by atoms with Crippen LogP contribution in [-0.4, -0.2) is 22.5 Å². The fraction of sp³-hybridized carbons (Fsp3) is 1.00. The predicted molar refractivity (Wildman–Crippen MR) is 36.3 cm³/mol. The largest absolute Gasteiger partial charge is 1.00 e. The Hall–Kier alpha value is 1.33. The maximum atomic E-state index is 9.35. The number of aliphatic hydroxyl groups excluding tert-OH is 1. The van der Waals surface area contributed by atoms with Crippen molar-refractivity contribution in [2.45, 2.75) is 0 Å². The molecule has 0 spiro atoms. The summed E-state index contributed by atoms with van der Waals surface area (Å²) in [6, 6.07) is 0. The van der Waals surface area contributed by atoms with Crippen molar-refractivity contribution in [3.63, 3.8) is 0 Å². The summed E-state index contributed by atoms with van der Waals surface area (Å²) in [6.45, 7) is 0.0849. The van der Waals surface area contributed by atoms with Gasteiger partial charge in [-0.2, -0.15) is 0 Å². The SMILES string of the molecule is O=[P+]([O-])O[P+](=O)O.OCCCl.[Na+]. The van der Waals surface area contributed by atoms with E-state index >= 15 is 0 Å². The zero-order valence-corrected chi connectivity index (χ0v) is 10.8. The minimum absolute atomic E-state index is 0. The van der Waals surface area contributed by atoms with Crippen molar-refractivity contribution < 1.29 is 57.9 Å². The van der Waals surface area contributed by atoms with Crippen LogP contribution in [0.3, 0.4) is 0 Å². The molecule has 0 saturated heterocycles. The Morgan fingerprint density at radius 3 is 1.83 bits per heavy atom. The van der Waals surface area contributed by atoms with Crippen LogP contribution < -0.4 is 34.5 Å². The maximum Gasteiger partial charge on any atom is 1.00 e. The Morgan fingerprint density at radius 1 is 1.50 bits per heavy atom. The van der Waals surface area contributed by atoms with Crippen LogP contribution in [0, 0.1) is 0 Å². The summed E-state index contributed by atoms with van der Waals surface area (Å²) >= 11 is 4.94. The second-order valence-electron chi connectivity index (χ2n) is 0.956. The number of hydrogen-bond donors (Lipinski definition) is 2. The maximum absolute atomic E-state index is 9.35. The Balaban J connectivity index is -0.000000142. The van der Waals surface area contributed by atoms with Crippen LogP contribution in [0.4, 0.5) is 0 Å². The molecule has 0 aromatic rings. The van der Waals surface area contributed by atoms with E-state index in [4.69, 9.17) is 21.6 Å². The summed E-state index contributed by atoms with van der Waals surface area (Å²) in [5.74, 6) is 0.347. The molecule has 6 nitrogen and oxygen atoms in total. The molecule has 0 radical (unpaired) electrons. The van der Waals surface area contributed by atoms with Crippen LogP contribution >= 0.6 is 28.1 Å². The molecule has 0 aliphatic heterocycles. The van der Waals surface area contributed by atoms with Crippen molar-refractivity contribution in [3.8, 4) is 0 Å². The minimum Gasteiger partial charge on any atom is -0.563 e. The molecular weight excluding hydrogens is 240 g/mol. The quantitative estimate of drug-likeness (QED) is 0.310. The van der Waals surface area contributed by atoms with Crippen LogP contribution in [0.25, 0.3) is 0 Å². The average molecular weight is 246 g/mol. The Labute approximate surface area is 98.1 Å². The first-order chi connectivity index (χ1) is 5.04. The van der Waals surface area contributed by atoms with Crippen LogP contribution in [0.1, 0.15) is 0 Å². The van der Waals surface area contributed by atoms with Gasteiger partial charge in [0.25, 0.3) is 0 Å². The Morgan fingerprint density at radius 2 is 1.83 bits per heavy atom. The van der Waals surface area contributed by atoms with Gasteiger partial charge in [0, 0.05) is 10.4 Å². The first-order valence-corrected chi connectivity index (χ1v) is 4.96. The summed E-state index contributed by atoms with van der Waals surface area (Å²) in [5.41, 5.74) is 0. The van der Waals surface area contributed by atoms with Gasteiger partial charge in [-0.1, -0.05) is 0 Å². The van der Waals surface area contributed by atoms with Crippen molar-refractivity contribution in [3.05, 3.63) is 0 Å².